The molecule has 0 aliphatic rings. The van der Waals surface area contributed by atoms with E-state index >= 15 is 0 Å². The highest BCUT2D eigenvalue weighted by molar-refractivity contribution is 5.54. The van der Waals surface area contributed by atoms with Crippen LogP contribution in [0.1, 0.15) is 13.8 Å². The zero-order valence-electron chi connectivity index (χ0n) is 8.91. The van der Waals surface area contributed by atoms with Crippen molar-refractivity contribution in [3.63, 3.8) is 0 Å². The third-order valence-corrected chi connectivity index (χ3v) is 1.55. The molecule has 0 N–H and O–H groups in total. The number of nitrogens with zero attached hydrogens (tertiary/aromatic N) is 2. The van der Waals surface area contributed by atoms with Crippen molar-refractivity contribution in [2.75, 3.05) is 19.0 Å². The molecule has 1 aromatic carbocycles. The molecule has 0 aliphatic heterocycles. The molecule has 1 aromatic rings. The van der Waals surface area contributed by atoms with Crippen LogP contribution in [0.15, 0.2) is 29.3 Å². The highest BCUT2D eigenvalue weighted by atomic mass is 15.1. The van der Waals surface area contributed by atoms with Crippen LogP contribution < -0.4 is 4.90 Å². The van der Waals surface area contributed by atoms with Gasteiger partial charge in [0.1, 0.15) is 0 Å². The Bertz CT molecular complexity index is 237. The van der Waals surface area contributed by atoms with Crippen molar-refractivity contribution >= 4 is 18.1 Å². The molecule has 0 unspecified atom stereocenters. The van der Waals surface area contributed by atoms with Gasteiger partial charge >= 0.3 is 0 Å². The van der Waals surface area contributed by atoms with Crippen LogP contribution in [0.5, 0.6) is 0 Å². The van der Waals surface area contributed by atoms with Gasteiger partial charge in [-0.05, 0) is 31.0 Å². The van der Waals surface area contributed by atoms with Gasteiger partial charge in [0, 0.05) is 19.8 Å². The van der Waals surface area contributed by atoms with E-state index in [2.05, 4.69) is 11.7 Å². The maximum atomic E-state index is 3.80. The van der Waals surface area contributed by atoms with Crippen LogP contribution in [0.2, 0.25) is 0 Å². The van der Waals surface area contributed by atoms with Gasteiger partial charge in [0.2, 0.25) is 0 Å². The van der Waals surface area contributed by atoms with Crippen LogP contribution in [-0.4, -0.2) is 20.8 Å². The molecule has 0 heterocycles. The average Bonchev–Trinajstić information content (AvgIpc) is 2.21. The Labute approximate surface area is 80.9 Å². The molecule has 2 heteroatoms. The summed E-state index contributed by atoms with van der Waals surface area (Å²) >= 11 is 0. The van der Waals surface area contributed by atoms with E-state index < -0.39 is 0 Å². The lowest BCUT2D eigenvalue weighted by molar-refractivity contribution is 1.13. The standard InChI is InChI=1S/C9H12N2.C2H6/c1-10-8-4-6-9(7-5-8)11(2)3;1-2/h4-7H,1H2,2-3H3;1-2H3. The van der Waals surface area contributed by atoms with Crippen molar-refractivity contribution in [1.29, 1.82) is 0 Å². The zero-order valence-corrected chi connectivity index (χ0v) is 8.91. The van der Waals surface area contributed by atoms with Gasteiger partial charge in [-0.15, -0.1) is 0 Å². The summed E-state index contributed by atoms with van der Waals surface area (Å²) in [4.78, 5) is 5.85. The van der Waals surface area contributed by atoms with Crippen LogP contribution in [0.3, 0.4) is 0 Å². The molecule has 2 nitrogen and oxygen atoms in total. The van der Waals surface area contributed by atoms with Crippen LogP contribution in [0.4, 0.5) is 11.4 Å². The predicted octanol–water partition coefficient (Wildman–Crippen LogP) is 3.11. The van der Waals surface area contributed by atoms with Crippen molar-refractivity contribution in [3.05, 3.63) is 24.3 Å². The molecule has 0 aliphatic carbocycles. The van der Waals surface area contributed by atoms with Gasteiger partial charge in [-0.1, -0.05) is 13.8 Å². The number of benzene rings is 1. The Kier molecular flexibility index (Phi) is 5.60. The molecule has 0 bridgehead atoms. The number of hydrogen-bond donors (Lipinski definition) is 0. The van der Waals surface area contributed by atoms with E-state index in [0.29, 0.717) is 0 Å². The summed E-state index contributed by atoms with van der Waals surface area (Å²) in [5, 5.41) is 0. The fourth-order valence-electron chi connectivity index (χ4n) is 0.856. The van der Waals surface area contributed by atoms with Crippen molar-refractivity contribution in [1.82, 2.24) is 0 Å². The molecular formula is C11H18N2. The molecule has 1 rings (SSSR count). The van der Waals surface area contributed by atoms with E-state index in [4.69, 9.17) is 0 Å². The molecular weight excluding hydrogens is 160 g/mol. The second kappa shape index (κ2) is 6.23. The number of hydrogen-bond acceptors (Lipinski definition) is 2. The van der Waals surface area contributed by atoms with Crippen LogP contribution in [0, 0.1) is 0 Å². The molecule has 13 heavy (non-hydrogen) atoms. The normalized spacial score (nSPS) is 8.31. The van der Waals surface area contributed by atoms with E-state index in [9.17, 15) is 0 Å². The minimum Gasteiger partial charge on any atom is -0.378 e. The first-order valence-electron chi connectivity index (χ1n) is 4.48. The molecule has 0 amide bonds. The highest BCUT2D eigenvalue weighted by Crippen LogP contribution is 2.16. The summed E-state index contributed by atoms with van der Waals surface area (Å²) in [6.45, 7) is 7.44. The third-order valence-electron chi connectivity index (χ3n) is 1.55. The summed E-state index contributed by atoms with van der Waals surface area (Å²) in [6.07, 6.45) is 0. The molecule has 0 saturated carbocycles. The van der Waals surface area contributed by atoms with Crippen LogP contribution in [0.25, 0.3) is 0 Å². The van der Waals surface area contributed by atoms with Gasteiger partial charge in [-0.25, -0.2) is 0 Å². The fraction of sp³-hybridized carbons (Fsp3) is 0.364. The van der Waals surface area contributed by atoms with Gasteiger partial charge in [-0.3, -0.25) is 4.99 Å². The fourth-order valence-corrected chi connectivity index (χ4v) is 0.856. The lowest BCUT2D eigenvalue weighted by Gasteiger charge is -2.11. The van der Waals surface area contributed by atoms with Crippen LogP contribution in [-0.2, 0) is 0 Å². The minimum atomic E-state index is 0.913. The Morgan fingerprint density at radius 3 is 1.85 bits per heavy atom. The van der Waals surface area contributed by atoms with E-state index in [-0.39, 0.29) is 0 Å². The molecule has 0 spiro atoms. The lowest BCUT2D eigenvalue weighted by Crippen LogP contribution is -2.07. The average molecular weight is 178 g/mol. The van der Waals surface area contributed by atoms with Crippen molar-refractivity contribution in [2.24, 2.45) is 4.99 Å². The van der Waals surface area contributed by atoms with Gasteiger partial charge in [0.25, 0.3) is 0 Å². The van der Waals surface area contributed by atoms with Crippen molar-refractivity contribution in [2.45, 2.75) is 13.8 Å². The first-order chi connectivity index (χ1) is 6.24. The SMILES string of the molecule is C=Nc1ccc(N(C)C)cc1.CC. The monoisotopic (exact) mass is 178 g/mol. The number of rotatable bonds is 2. The largest absolute Gasteiger partial charge is 0.378 e. The van der Waals surface area contributed by atoms with Crippen molar-refractivity contribution in [3.8, 4) is 0 Å². The first kappa shape index (κ1) is 11.7. The molecule has 0 saturated heterocycles. The summed E-state index contributed by atoms with van der Waals surface area (Å²) in [5.74, 6) is 0. The summed E-state index contributed by atoms with van der Waals surface area (Å²) in [5.41, 5.74) is 2.09. The summed E-state index contributed by atoms with van der Waals surface area (Å²) < 4.78 is 0. The van der Waals surface area contributed by atoms with Gasteiger partial charge in [-0.2, -0.15) is 0 Å². The van der Waals surface area contributed by atoms with E-state index in [1.54, 1.807) is 0 Å². The Morgan fingerprint density at radius 2 is 1.54 bits per heavy atom. The Hall–Kier alpha value is -1.31. The van der Waals surface area contributed by atoms with Crippen molar-refractivity contribution < 1.29 is 0 Å². The first-order valence-corrected chi connectivity index (χ1v) is 4.48. The number of anilines is 1. The van der Waals surface area contributed by atoms with E-state index in [0.717, 1.165) is 5.69 Å². The van der Waals surface area contributed by atoms with Gasteiger partial charge < -0.3 is 4.90 Å². The molecule has 0 aromatic heterocycles. The maximum absolute atomic E-state index is 3.80. The summed E-state index contributed by atoms with van der Waals surface area (Å²) in [6, 6.07) is 7.93. The summed E-state index contributed by atoms with van der Waals surface area (Å²) in [7, 11) is 4.02. The van der Waals surface area contributed by atoms with Crippen LogP contribution >= 0.6 is 0 Å². The molecule has 0 fully saturated rings. The Morgan fingerprint density at radius 1 is 1.08 bits per heavy atom. The minimum absolute atomic E-state index is 0.913. The zero-order chi connectivity index (χ0) is 10.3. The highest BCUT2D eigenvalue weighted by Gasteiger charge is 1.92. The molecule has 0 atom stereocenters. The smallest absolute Gasteiger partial charge is 0.0623 e. The molecule has 72 valence electrons. The van der Waals surface area contributed by atoms with E-state index in [1.807, 2.05) is 57.1 Å². The third kappa shape index (κ3) is 3.74. The maximum Gasteiger partial charge on any atom is 0.0623 e. The lowest BCUT2D eigenvalue weighted by atomic mass is 10.3. The quantitative estimate of drug-likeness (QED) is 0.635. The van der Waals surface area contributed by atoms with Gasteiger partial charge in [0.15, 0.2) is 0 Å². The van der Waals surface area contributed by atoms with E-state index in [1.165, 1.54) is 5.69 Å². The second-order valence-corrected chi connectivity index (χ2v) is 2.57. The molecule has 0 radical (unpaired) electrons. The topological polar surface area (TPSA) is 15.6 Å². The predicted molar refractivity (Wildman–Crippen MR) is 61.3 cm³/mol. The second-order valence-electron chi connectivity index (χ2n) is 2.57. The Balaban J connectivity index is 0.000000671. The van der Waals surface area contributed by atoms with Gasteiger partial charge in [0.05, 0.1) is 5.69 Å². The number of aliphatic imine (C=N–C) groups is 1.